The summed E-state index contributed by atoms with van der Waals surface area (Å²) in [7, 11) is 0. The summed E-state index contributed by atoms with van der Waals surface area (Å²) in [6.07, 6.45) is -10.2. The fraction of sp³-hybridized carbons (Fsp3) is 0.158. The lowest BCUT2D eigenvalue weighted by atomic mass is 10.2. The summed E-state index contributed by atoms with van der Waals surface area (Å²) in [5.41, 5.74) is -1.96. The normalized spacial score (nSPS) is 11.9. The van der Waals surface area contributed by atoms with Crippen LogP contribution in [0.25, 0.3) is 5.69 Å². The maximum Gasteiger partial charge on any atom is 0.573 e. The Morgan fingerprint density at radius 2 is 1.67 bits per heavy atom. The van der Waals surface area contributed by atoms with Crippen molar-refractivity contribution >= 4 is 34.8 Å². The number of amides is 1. The molecule has 0 atom stereocenters. The zero-order valence-corrected chi connectivity index (χ0v) is 17.7. The van der Waals surface area contributed by atoms with Crippen LogP contribution in [0.3, 0.4) is 0 Å². The van der Waals surface area contributed by atoms with Gasteiger partial charge in [0.1, 0.15) is 0 Å². The molecule has 0 fully saturated rings. The molecule has 3 rings (SSSR count). The quantitative estimate of drug-likeness (QED) is 0.379. The Hall–Kier alpha value is -3.12. The molecule has 176 valence electrons. The molecule has 0 unspecified atom stereocenters. The second-order valence-corrected chi connectivity index (χ2v) is 7.13. The first-order valence-corrected chi connectivity index (χ1v) is 9.47. The third kappa shape index (κ3) is 5.82. The van der Waals surface area contributed by atoms with Gasteiger partial charge in [0.2, 0.25) is 11.8 Å². The largest absolute Gasteiger partial charge is 0.573 e. The number of alkyl halides is 6. The maximum absolute atomic E-state index is 13.3. The second-order valence-electron chi connectivity index (χ2n) is 6.31. The molecule has 1 heterocycles. The Kier molecular flexibility index (Phi) is 6.70. The summed E-state index contributed by atoms with van der Waals surface area (Å²) in [4.78, 5) is 11.4. The number of carbonyl (C=O) groups excluding carboxylic acids is 1. The summed E-state index contributed by atoms with van der Waals surface area (Å²) >= 11 is 12.0. The van der Waals surface area contributed by atoms with Crippen molar-refractivity contribution in [1.29, 1.82) is 0 Å². The number of para-hydroxylation sites is 1. The molecule has 0 aliphatic rings. The number of hydrogen-bond acceptors (Lipinski definition) is 4. The lowest BCUT2D eigenvalue weighted by molar-refractivity contribution is -0.274. The molecule has 6 nitrogen and oxygen atoms in total. The average molecular weight is 514 g/mol. The monoisotopic (exact) mass is 513 g/mol. The number of halogens is 8. The van der Waals surface area contributed by atoms with Crippen molar-refractivity contribution < 1.29 is 40.6 Å². The Labute approximate surface area is 191 Å². The Bertz CT molecular complexity index is 1190. The molecule has 14 heteroatoms. The number of ether oxygens (including phenoxy) is 2. The number of hydrogen-bond donors (Lipinski definition) is 1. The molecule has 0 bridgehead atoms. The van der Waals surface area contributed by atoms with Crippen LogP contribution < -0.4 is 14.8 Å². The van der Waals surface area contributed by atoms with Crippen LogP contribution in [0.15, 0.2) is 42.5 Å². The lowest BCUT2D eigenvalue weighted by Gasteiger charge is -2.19. The van der Waals surface area contributed by atoms with Gasteiger partial charge in [0, 0.05) is 13.0 Å². The predicted molar refractivity (Wildman–Crippen MR) is 106 cm³/mol. The van der Waals surface area contributed by atoms with Crippen molar-refractivity contribution in [3.8, 4) is 23.1 Å². The smallest absolute Gasteiger partial charge is 0.433 e. The van der Waals surface area contributed by atoms with Crippen LogP contribution in [-0.2, 0) is 11.0 Å². The van der Waals surface area contributed by atoms with E-state index in [4.69, 9.17) is 27.9 Å². The van der Waals surface area contributed by atoms with Crippen molar-refractivity contribution in [3.63, 3.8) is 0 Å². The molecule has 0 saturated heterocycles. The minimum Gasteiger partial charge on any atom is -0.433 e. The summed E-state index contributed by atoms with van der Waals surface area (Å²) in [6.45, 7) is 1.02. The van der Waals surface area contributed by atoms with Crippen LogP contribution in [0, 0.1) is 0 Å². The zero-order chi connectivity index (χ0) is 24.6. The van der Waals surface area contributed by atoms with Gasteiger partial charge in [0.15, 0.2) is 17.2 Å². The van der Waals surface area contributed by atoms with Gasteiger partial charge in [-0.2, -0.15) is 23.0 Å². The fourth-order valence-corrected chi connectivity index (χ4v) is 3.02. The molecule has 0 aliphatic heterocycles. The summed E-state index contributed by atoms with van der Waals surface area (Å²) in [5.74, 6) is -3.33. The van der Waals surface area contributed by atoms with Gasteiger partial charge in [0.25, 0.3) is 0 Å². The van der Waals surface area contributed by atoms with Crippen LogP contribution >= 0.6 is 23.2 Å². The van der Waals surface area contributed by atoms with E-state index in [9.17, 15) is 31.1 Å². The van der Waals surface area contributed by atoms with Gasteiger partial charge < -0.3 is 14.8 Å². The van der Waals surface area contributed by atoms with Crippen molar-refractivity contribution in [2.45, 2.75) is 19.5 Å². The number of nitrogens with zero attached hydrogens (tertiary/aromatic N) is 2. The van der Waals surface area contributed by atoms with Crippen molar-refractivity contribution in [3.05, 3.63) is 58.2 Å². The van der Waals surface area contributed by atoms with E-state index in [1.165, 1.54) is 24.3 Å². The first-order valence-electron chi connectivity index (χ1n) is 8.72. The van der Waals surface area contributed by atoms with Gasteiger partial charge in [-0.25, -0.2) is 0 Å². The fourth-order valence-electron chi connectivity index (χ4n) is 2.61. The van der Waals surface area contributed by atoms with Gasteiger partial charge >= 0.3 is 12.5 Å². The zero-order valence-electron chi connectivity index (χ0n) is 16.2. The third-order valence-electron chi connectivity index (χ3n) is 3.85. The SMILES string of the molecule is CC(=O)Nc1ccc(Cl)c(Oc2cc(C(F)(F)F)nn2-c2ccccc2Cl)c1OC(F)(F)F. The van der Waals surface area contributed by atoms with Crippen molar-refractivity contribution in [2.75, 3.05) is 5.32 Å². The molecular formula is C19H11Cl2F6N3O3. The number of rotatable bonds is 5. The van der Waals surface area contributed by atoms with Crippen molar-refractivity contribution in [1.82, 2.24) is 9.78 Å². The first-order chi connectivity index (χ1) is 15.3. The Morgan fingerprint density at radius 1 is 1.00 bits per heavy atom. The van der Waals surface area contributed by atoms with E-state index in [1.54, 1.807) is 0 Å². The second kappa shape index (κ2) is 9.02. The van der Waals surface area contributed by atoms with Crippen LogP contribution in [0.4, 0.5) is 32.0 Å². The van der Waals surface area contributed by atoms with Gasteiger partial charge in [-0.15, -0.1) is 13.2 Å². The van der Waals surface area contributed by atoms with Gasteiger partial charge in [-0.1, -0.05) is 35.3 Å². The van der Waals surface area contributed by atoms with Gasteiger partial charge in [-0.3, -0.25) is 4.79 Å². The first kappa shape index (κ1) is 24.5. The number of nitrogens with one attached hydrogen (secondary N) is 1. The van der Waals surface area contributed by atoms with E-state index in [0.717, 1.165) is 19.1 Å². The molecule has 2 aromatic carbocycles. The van der Waals surface area contributed by atoms with Crippen molar-refractivity contribution in [2.24, 2.45) is 0 Å². The maximum atomic E-state index is 13.3. The van der Waals surface area contributed by atoms with Crippen LogP contribution in [0.2, 0.25) is 10.0 Å². The standard InChI is InChI=1S/C19H11Cl2F6N3O3/c1-9(31)28-12-7-6-11(21)16(17(12)33-19(25,26)27)32-15-8-14(18(22,23)24)29-30(15)13-5-3-2-4-10(13)20/h2-8H,1H3,(H,28,31). The molecule has 33 heavy (non-hydrogen) atoms. The molecule has 1 N–H and O–H groups in total. The van der Waals surface area contributed by atoms with E-state index >= 15 is 0 Å². The molecule has 0 saturated carbocycles. The highest BCUT2D eigenvalue weighted by Crippen LogP contribution is 2.46. The van der Waals surface area contributed by atoms with E-state index in [2.05, 4.69) is 15.2 Å². The number of aromatic nitrogens is 2. The Morgan fingerprint density at radius 3 is 2.24 bits per heavy atom. The molecular weight excluding hydrogens is 503 g/mol. The topological polar surface area (TPSA) is 65.4 Å². The molecule has 0 aliphatic carbocycles. The number of carbonyl (C=O) groups is 1. The number of anilines is 1. The van der Waals surface area contributed by atoms with E-state index in [0.29, 0.717) is 10.7 Å². The van der Waals surface area contributed by atoms with Crippen LogP contribution in [0.5, 0.6) is 17.4 Å². The predicted octanol–water partition coefficient (Wildman–Crippen LogP) is 6.85. The molecule has 0 radical (unpaired) electrons. The molecule has 3 aromatic rings. The van der Waals surface area contributed by atoms with E-state index < -0.39 is 52.2 Å². The van der Waals surface area contributed by atoms with Gasteiger partial charge in [-0.05, 0) is 24.3 Å². The van der Waals surface area contributed by atoms with Crippen LogP contribution in [0.1, 0.15) is 12.6 Å². The highest BCUT2D eigenvalue weighted by atomic mass is 35.5. The Balaban J connectivity index is 2.21. The van der Waals surface area contributed by atoms with E-state index in [-0.39, 0.29) is 10.7 Å². The minimum absolute atomic E-state index is 0.0240. The average Bonchev–Trinajstić information content (AvgIpc) is 3.10. The van der Waals surface area contributed by atoms with Crippen LogP contribution in [-0.4, -0.2) is 22.1 Å². The minimum atomic E-state index is -5.25. The molecule has 0 spiro atoms. The van der Waals surface area contributed by atoms with Gasteiger partial charge in [0.05, 0.1) is 21.4 Å². The summed E-state index contributed by atoms with van der Waals surface area (Å²) < 4.78 is 89.0. The summed E-state index contributed by atoms with van der Waals surface area (Å²) in [6, 6.07) is 8.13. The highest BCUT2D eigenvalue weighted by molar-refractivity contribution is 6.32. The molecule has 1 aromatic heterocycles. The summed E-state index contributed by atoms with van der Waals surface area (Å²) in [5, 5.41) is 5.05. The number of benzene rings is 2. The highest BCUT2D eigenvalue weighted by Gasteiger charge is 2.38. The third-order valence-corrected chi connectivity index (χ3v) is 4.46. The van der Waals surface area contributed by atoms with E-state index in [1.807, 2.05) is 0 Å². The lowest BCUT2D eigenvalue weighted by Crippen LogP contribution is -2.19. The molecule has 1 amide bonds.